The molecular weight excluding hydrogens is 575 g/mol. The Morgan fingerprint density at radius 2 is 2.07 bits per heavy atom. The van der Waals surface area contributed by atoms with Crippen LogP contribution in [0.15, 0.2) is 6.33 Å². The molecule has 4 unspecified atom stereocenters. The Bertz CT molecular complexity index is 1210. The molecule has 0 bridgehead atoms. The molecule has 1 fully saturated rings. The Kier molecular flexibility index (Phi) is 12.1. The second kappa shape index (κ2) is 15.1. The van der Waals surface area contributed by atoms with E-state index in [-0.39, 0.29) is 48.6 Å². The number of alkyl carbamates (subject to hydrolysis) is 1. The number of nitrogen functional groups attached to an aromatic ring is 1. The van der Waals surface area contributed by atoms with E-state index in [0.29, 0.717) is 48.8 Å². The number of nitrogens with zero attached hydrogens (tertiary/aromatic N) is 4. The summed E-state index contributed by atoms with van der Waals surface area (Å²) in [6, 6.07) is 0. The third-order valence-electron chi connectivity index (χ3n) is 6.21. The lowest BCUT2D eigenvalue weighted by atomic mass is 9.91. The summed E-state index contributed by atoms with van der Waals surface area (Å²) < 4.78 is 41.5. The van der Waals surface area contributed by atoms with E-state index in [0.717, 1.165) is 11.8 Å². The first-order chi connectivity index (χ1) is 19.4. The number of hydrogen-bond donors (Lipinski definition) is 2. The number of ether oxygens (including phenoxy) is 3. The van der Waals surface area contributed by atoms with Crippen molar-refractivity contribution in [1.82, 2.24) is 24.8 Å². The van der Waals surface area contributed by atoms with E-state index in [1.807, 2.05) is 27.7 Å². The molecule has 0 spiro atoms. The number of aromatic nitrogens is 4. The van der Waals surface area contributed by atoms with Crippen LogP contribution in [0.25, 0.3) is 11.2 Å². The highest BCUT2D eigenvalue weighted by Crippen LogP contribution is 2.38. The van der Waals surface area contributed by atoms with Crippen LogP contribution in [0.2, 0.25) is 0 Å². The van der Waals surface area contributed by atoms with Crippen molar-refractivity contribution in [2.75, 3.05) is 37.9 Å². The molecule has 16 heteroatoms. The molecule has 2 aromatic rings. The Hall–Kier alpha value is -2.58. The molecule has 228 valence electrons. The third kappa shape index (κ3) is 9.47. The van der Waals surface area contributed by atoms with Gasteiger partial charge in [-0.1, -0.05) is 32.5 Å². The smallest absolute Gasteiger partial charge is 0.476 e. The first-order valence-corrected chi connectivity index (χ1v) is 15.6. The molecule has 3 heterocycles. The van der Waals surface area contributed by atoms with Crippen LogP contribution >= 0.6 is 20.0 Å². The van der Waals surface area contributed by atoms with Crippen molar-refractivity contribution >= 4 is 48.3 Å². The van der Waals surface area contributed by atoms with E-state index in [2.05, 4.69) is 20.3 Å². The maximum absolute atomic E-state index is 12.6. The molecule has 1 saturated heterocycles. The predicted octanol–water partition coefficient (Wildman–Crippen LogP) is 4.23. The molecule has 4 atom stereocenters. The SMILES string of the molecule is CCOc1nc(N)nc2c1ncn2C1OC(CO[P+](=O)OCCSC(=O)C(C)(C)CCNC(=O)OC(C)C)CC1C. The second-order valence-electron chi connectivity index (χ2n) is 10.5. The summed E-state index contributed by atoms with van der Waals surface area (Å²) in [7, 11) is -2.38. The summed E-state index contributed by atoms with van der Waals surface area (Å²) in [5.41, 5.74) is 6.21. The van der Waals surface area contributed by atoms with E-state index in [1.54, 1.807) is 24.7 Å². The van der Waals surface area contributed by atoms with E-state index in [1.165, 1.54) is 0 Å². The average molecular weight is 616 g/mol. The second-order valence-corrected chi connectivity index (χ2v) is 12.5. The van der Waals surface area contributed by atoms with Gasteiger partial charge in [0.25, 0.3) is 0 Å². The highest BCUT2D eigenvalue weighted by molar-refractivity contribution is 8.13. The number of anilines is 1. The zero-order valence-electron chi connectivity index (χ0n) is 24.3. The van der Waals surface area contributed by atoms with Crippen LogP contribution < -0.4 is 15.8 Å². The van der Waals surface area contributed by atoms with E-state index in [9.17, 15) is 14.2 Å². The zero-order chi connectivity index (χ0) is 30.2. The number of imidazole rings is 1. The third-order valence-corrected chi connectivity index (χ3v) is 8.15. The van der Waals surface area contributed by atoms with Gasteiger partial charge in [0, 0.05) is 28.2 Å². The Labute approximate surface area is 244 Å². The Balaban J connectivity index is 1.38. The van der Waals surface area contributed by atoms with Crippen LogP contribution in [0.3, 0.4) is 0 Å². The number of fused-ring (bicyclic) bond motifs is 1. The minimum absolute atomic E-state index is 0.0527. The average Bonchev–Trinajstić information content (AvgIpc) is 3.47. The Morgan fingerprint density at radius 3 is 2.78 bits per heavy atom. The Morgan fingerprint density at radius 1 is 1.32 bits per heavy atom. The fourth-order valence-corrected chi connectivity index (χ4v) is 5.72. The quantitative estimate of drug-likeness (QED) is 0.215. The van der Waals surface area contributed by atoms with Gasteiger partial charge in [0.1, 0.15) is 19.4 Å². The van der Waals surface area contributed by atoms with Crippen molar-refractivity contribution in [2.45, 2.75) is 72.8 Å². The molecule has 3 rings (SSSR count). The van der Waals surface area contributed by atoms with Crippen LogP contribution in [0.4, 0.5) is 10.7 Å². The van der Waals surface area contributed by atoms with E-state index < -0.39 is 19.8 Å². The first-order valence-electron chi connectivity index (χ1n) is 13.5. The molecule has 0 saturated carbocycles. The van der Waals surface area contributed by atoms with Crippen molar-refractivity contribution in [1.29, 1.82) is 0 Å². The van der Waals surface area contributed by atoms with Gasteiger partial charge < -0.3 is 25.3 Å². The minimum Gasteiger partial charge on any atom is -0.476 e. The maximum atomic E-state index is 12.6. The largest absolute Gasteiger partial charge is 0.697 e. The number of nitrogens with one attached hydrogen (secondary N) is 1. The number of thioether (sulfide) groups is 1. The van der Waals surface area contributed by atoms with Crippen LogP contribution in [-0.2, 0) is 27.9 Å². The van der Waals surface area contributed by atoms with Gasteiger partial charge in [-0.25, -0.2) is 9.78 Å². The minimum atomic E-state index is -2.38. The highest BCUT2D eigenvalue weighted by atomic mass is 32.2. The summed E-state index contributed by atoms with van der Waals surface area (Å²) in [6.07, 6.45) is 1.32. The lowest BCUT2D eigenvalue weighted by Crippen LogP contribution is -2.32. The van der Waals surface area contributed by atoms with Gasteiger partial charge in [0.2, 0.25) is 11.8 Å². The van der Waals surface area contributed by atoms with Gasteiger partial charge >= 0.3 is 14.3 Å². The van der Waals surface area contributed by atoms with Crippen LogP contribution in [0.5, 0.6) is 5.88 Å². The monoisotopic (exact) mass is 615 g/mol. The fourth-order valence-electron chi connectivity index (χ4n) is 4.15. The number of nitrogens with two attached hydrogens (primary N) is 1. The first kappa shape index (κ1) is 32.9. The van der Waals surface area contributed by atoms with Crippen molar-refractivity contribution in [3.8, 4) is 5.88 Å². The number of carbonyl (C=O) groups excluding carboxylic acids is 2. The zero-order valence-corrected chi connectivity index (χ0v) is 26.0. The fraction of sp³-hybridized carbons (Fsp3) is 0.720. The molecule has 2 aromatic heterocycles. The lowest BCUT2D eigenvalue weighted by Gasteiger charge is -2.22. The van der Waals surface area contributed by atoms with Crippen LogP contribution in [-0.4, -0.2) is 75.1 Å². The normalized spacial score (nSPS) is 19.5. The van der Waals surface area contributed by atoms with Crippen molar-refractivity contribution in [3.05, 3.63) is 6.33 Å². The molecular formula is C25H40N6O8PS+. The van der Waals surface area contributed by atoms with Gasteiger partial charge in [-0.2, -0.15) is 9.97 Å². The topological polar surface area (TPSA) is 179 Å². The molecule has 0 radical (unpaired) electrons. The van der Waals surface area contributed by atoms with E-state index >= 15 is 0 Å². The van der Waals surface area contributed by atoms with Gasteiger partial charge in [-0.15, -0.1) is 9.05 Å². The van der Waals surface area contributed by atoms with Crippen LogP contribution in [0, 0.1) is 11.3 Å². The van der Waals surface area contributed by atoms with Gasteiger partial charge in [-0.3, -0.25) is 9.36 Å². The number of hydrogen-bond acceptors (Lipinski definition) is 13. The highest BCUT2D eigenvalue weighted by Gasteiger charge is 2.37. The van der Waals surface area contributed by atoms with Crippen molar-refractivity contribution in [3.63, 3.8) is 0 Å². The number of carbonyl (C=O) groups is 2. The van der Waals surface area contributed by atoms with Gasteiger partial charge in [-0.05, 0) is 33.6 Å². The molecule has 0 aromatic carbocycles. The molecule has 1 aliphatic heterocycles. The molecule has 0 aliphatic carbocycles. The van der Waals surface area contributed by atoms with Gasteiger partial charge in [0.15, 0.2) is 16.3 Å². The predicted molar refractivity (Wildman–Crippen MR) is 154 cm³/mol. The van der Waals surface area contributed by atoms with Crippen LogP contribution in [0.1, 0.15) is 60.6 Å². The van der Waals surface area contributed by atoms with Gasteiger partial charge in [0.05, 0.1) is 25.1 Å². The number of rotatable bonds is 15. The van der Waals surface area contributed by atoms with Crippen molar-refractivity contribution < 1.29 is 37.4 Å². The van der Waals surface area contributed by atoms with E-state index in [4.69, 9.17) is 29.0 Å². The molecule has 3 N–H and O–H groups in total. The summed E-state index contributed by atoms with van der Waals surface area (Å²) in [6.45, 7) is 11.9. The molecule has 14 nitrogen and oxygen atoms in total. The van der Waals surface area contributed by atoms with Crippen molar-refractivity contribution in [2.24, 2.45) is 11.3 Å². The summed E-state index contributed by atoms with van der Waals surface area (Å²) in [5.74, 6) is 0.800. The molecule has 1 aliphatic rings. The summed E-state index contributed by atoms with van der Waals surface area (Å²) >= 11 is 1.09. The molecule has 41 heavy (non-hydrogen) atoms. The maximum Gasteiger partial charge on any atom is 0.697 e. The lowest BCUT2D eigenvalue weighted by molar-refractivity contribution is -0.118. The molecule has 1 amide bonds. The summed E-state index contributed by atoms with van der Waals surface area (Å²) in [5, 5.41) is 2.59. The standard InChI is InChI=1S/C25H39N6O8PS/c1-7-35-20-18-19(29-23(26)30-20)31(14-28-18)21-16(4)12-17(39-21)13-37-40(34)36-10-11-41-22(32)25(5,6)8-9-27-24(33)38-15(2)3/h14-17,21H,7-13H2,1-6H3,(H2-,26,27,29,30,33)/p+1. The number of amides is 1. The summed E-state index contributed by atoms with van der Waals surface area (Å²) in [4.78, 5) is 37.0.